The maximum atomic E-state index is 12.4. The van der Waals surface area contributed by atoms with Crippen molar-refractivity contribution in [3.05, 3.63) is 29.8 Å². The third-order valence-corrected chi connectivity index (χ3v) is 3.51. The standard InChI is InChI=1S/C15H22N2O/c1-3-4-11-16(2)15(18)17-12-7-9-13-8-5-6-10-14(13)17/h5-6,8,10H,3-4,7,9,11-12H2,1-2H3. The molecule has 18 heavy (non-hydrogen) atoms. The van der Waals surface area contributed by atoms with Crippen molar-refractivity contribution in [1.29, 1.82) is 0 Å². The lowest BCUT2D eigenvalue weighted by Gasteiger charge is -2.32. The summed E-state index contributed by atoms with van der Waals surface area (Å²) in [6, 6.07) is 8.38. The molecule has 3 heteroatoms. The fourth-order valence-electron chi connectivity index (χ4n) is 2.43. The maximum Gasteiger partial charge on any atom is 0.324 e. The first-order chi connectivity index (χ1) is 8.74. The Morgan fingerprint density at radius 2 is 2.17 bits per heavy atom. The second-order valence-corrected chi connectivity index (χ2v) is 4.94. The normalized spacial score (nSPS) is 14.2. The molecular formula is C15H22N2O. The van der Waals surface area contributed by atoms with Gasteiger partial charge in [-0.2, -0.15) is 0 Å². The van der Waals surface area contributed by atoms with Crippen LogP contribution in [0.2, 0.25) is 0 Å². The van der Waals surface area contributed by atoms with Crippen molar-refractivity contribution in [3.8, 4) is 0 Å². The molecule has 3 nitrogen and oxygen atoms in total. The molecule has 1 aromatic carbocycles. The highest BCUT2D eigenvalue weighted by Crippen LogP contribution is 2.27. The number of hydrogen-bond donors (Lipinski definition) is 0. The summed E-state index contributed by atoms with van der Waals surface area (Å²) < 4.78 is 0. The number of anilines is 1. The average Bonchev–Trinajstić information content (AvgIpc) is 2.43. The Hall–Kier alpha value is -1.51. The minimum atomic E-state index is 0.135. The van der Waals surface area contributed by atoms with Crippen LogP contribution in [0.4, 0.5) is 10.5 Å². The predicted molar refractivity (Wildman–Crippen MR) is 75.0 cm³/mol. The third-order valence-electron chi connectivity index (χ3n) is 3.51. The molecule has 0 fully saturated rings. The van der Waals surface area contributed by atoms with E-state index in [0.717, 1.165) is 44.5 Å². The molecule has 1 aromatic rings. The molecule has 1 aliphatic heterocycles. The van der Waals surface area contributed by atoms with Gasteiger partial charge in [-0.15, -0.1) is 0 Å². The van der Waals surface area contributed by atoms with Crippen molar-refractivity contribution in [2.75, 3.05) is 25.0 Å². The summed E-state index contributed by atoms with van der Waals surface area (Å²) in [5.74, 6) is 0. The van der Waals surface area contributed by atoms with E-state index in [2.05, 4.69) is 19.1 Å². The first-order valence-corrected chi connectivity index (χ1v) is 6.84. The summed E-state index contributed by atoms with van der Waals surface area (Å²) in [6.07, 6.45) is 4.33. The number of rotatable bonds is 3. The highest BCUT2D eigenvalue weighted by molar-refractivity contribution is 5.93. The van der Waals surface area contributed by atoms with E-state index < -0.39 is 0 Å². The summed E-state index contributed by atoms with van der Waals surface area (Å²) in [6.45, 7) is 3.83. The largest absolute Gasteiger partial charge is 0.327 e. The molecule has 98 valence electrons. The Morgan fingerprint density at radius 3 is 2.94 bits per heavy atom. The van der Waals surface area contributed by atoms with Crippen LogP contribution in [0.5, 0.6) is 0 Å². The second-order valence-electron chi connectivity index (χ2n) is 4.94. The van der Waals surface area contributed by atoms with E-state index in [1.54, 1.807) is 0 Å². The summed E-state index contributed by atoms with van der Waals surface area (Å²) in [5, 5.41) is 0. The van der Waals surface area contributed by atoms with Crippen molar-refractivity contribution >= 4 is 11.7 Å². The van der Waals surface area contributed by atoms with Gasteiger partial charge in [-0.05, 0) is 30.9 Å². The van der Waals surface area contributed by atoms with Crippen LogP contribution in [0.15, 0.2) is 24.3 Å². The molecular weight excluding hydrogens is 224 g/mol. The number of hydrogen-bond acceptors (Lipinski definition) is 1. The first kappa shape index (κ1) is 12.9. The van der Waals surface area contributed by atoms with Gasteiger partial charge in [-0.25, -0.2) is 4.79 Å². The smallest absolute Gasteiger partial charge is 0.324 e. The molecule has 0 spiro atoms. The predicted octanol–water partition coefficient (Wildman–Crippen LogP) is 3.29. The van der Waals surface area contributed by atoms with Gasteiger partial charge in [0.15, 0.2) is 0 Å². The summed E-state index contributed by atoms with van der Waals surface area (Å²) in [4.78, 5) is 16.2. The maximum absolute atomic E-state index is 12.4. The minimum Gasteiger partial charge on any atom is -0.327 e. The molecule has 1 aliphatic rings. The number of nitrogens with zero attached hydrogens (tertiary/aromatic N) is 2. The lowest BCUT2D eigenvalue weighted by molar-refractivity contribution is 0.214. The molecule has 0 unspecified atom stereocenters. The Kier molecular flexibility index (Phi) is 4.24. The molecule has 0 saturated heterocycles. The third kappa shape index (κ3) is 2.66. The van der Waals surface area contributed by atoms with E-state index in [1.165, 1.54) is 5.56 Å². The van der Waals surface area contributed by atoms with Crippen molar-refractivity contribution in [3.63, 3.8) is 0 Å². The monoisotopic (exact) mass is 246 g/mol. The zero-order valence-electron chi connectivity index (χ0n) is 11.4. The summed E-state index contributed by atoms with van der Waals surface area (Å²) in [7, 11) is 1.90. The van der Waals surface area contributed by atoms with Gasteiger partial charge in [0.05, 0.1) is 0 Å². The van der Waals surface area contributed by atoms with E-state index in [-0.39, 0.29) is 6.03 Å². The molecule has 0 bridgehead atoms. The fourth-order valence-corrected chi connectivity index (χ4v) is 2.43. The highest BCUT2D eigenvalue weighted by Gasteiger charge is 2.24. The number of aryl methyl sites for hydroxylation is 1. The van der Waals surface area contributed by atoms with Crippen molar-refractivity contribution in [2.24, 2.45) is 0 Å². The zero-order chi connectivity index (χ0) is 13.0. The van der Waals surface area contributed by atoms with Crippen molar-refractivity contribution in [2.45, 2.75) is 32.6 Å². The Bertz CT molecular complexity index is 417. The number of amides is 2. The molecule has 0 radical (unpaired) electrons. The van der Waals surface area contributed by atoms with Crippen molar-refractivity contribution in [1.82, 2.24) is 4.90 Å². The quantitative estimate of drug-likeness (QED) is 0.802. The van der Waals surface area contributed by atoms with Gasteiger partial charge in [0.2, 0.25) is 0 Å². The van der Waals surface area contributed by atoms with Crippen LogP contribution >= 0.6 is 0 Å². The SMILES string of the molecule is CCCCN(C)C(=O)N1CCCc2ccccc21. The molecule has 0 saturated carbocycles. The van der Waals surface area contributed by atoms with E-state index >= 15 is 0 Å². The van der Waals surface area contributed by atoms with Crippen LogP contribution < -0.4 is 4.90 Å². The molecule has 0 aromatic heterocycles. The van der Waals surface area contributed by atoms with Crippen LogP contribution in [0.25, 0.3) is 0 Å². The minimum absolute atomic E-state index is 0.135. The lowest BCUT2D eigenvalue weighted by Crippen LogP contribution is -2.44. The molecule has 1 heterocycles. The number of carbonyl (C=O) groups excluding carboxylic acids is 1. The van der Waals surface area contributed by atoms with Gasteiger partial charge < -0.3 is 4.90 Å². The van der Waals surface area contributed by atoms with Crippen LogP contribution in [-0.2, 0) is 6.42 Å². The molecule has 0 aliphatic carbocycles. The zero-order valence-corrected chi connectivity index (χ0v) is 11.4. The van der Waals surface area contributed by atoms with Gasteiger partial charge in [0.25, 0.3) is 0 Å². The van der Waals surface area contributed by atoms with Crippen LogP contribution in [-0.4, -0.2) is 31.1 Å². The van der Waals surface area contributed by atoms with Gasteiger partial charge in [0.1, 0.15) is 0 Å². The lowest BCUT2D eigenvalue weighted by atomic mass is 10.0. The van der Waals surface area contributed by atoms with Crippen molar-refractivity contribution < 1.29 is 4.79 Å². The number of carbonyl (C=O) groups is 1. The topological polar surface area (TPSA) is 23.6 Å². The van der Waals surface area contributed by atoms with E-state index in [9.17, 15) is 4.79 Å². The number of benzene rings is 1. The van der Waals surface area contributed by atoms with E-state index in [1.807, 2.05) is 29.0 Å². The number of para-hydroxylation sites is 1. The number of urea groups is 1. The molecule has 2 rings (SSSR count). The van der Waals surface area contributed by atoms with E-state index in [0.29, 0.717) is 0 Å². The summed E-state index contributed by atoms with van der Waals surface area (Å²) in [5.41, 5.74) is 2.39. The Labute approximate surface area is 109 Å². The first-order valence-electron chi connectivity index (χ1n) is 6.84. The van der Waals surface area contributed by atoms with Gasteiger partial charge >= 0.3 is 6.03 Å². The number of fused-ring (bicyclic) bond motifs is 1. The van der Waals surface area contributed by atoms with E-state index in [4.69, 9.17) is 0 Å². The van der Waals surface area contributed by atoms with Crippen LogP contribution in [0, 0.1) is 0 Å². The molecule has 0 atom stereocenters. The Balaban J connectivity index is 2.12. The molecule has 2 amide bonds. The van der Waals surface area contributed by atoms with Gasteiger partial charge in [-0.3, -0.25) is 4.90 Å². The molecule has 0 N–H and O–H groups in total. The summed E-state index contributed by atoms with van der Waals surface area (Å²) >= 11 is 0. The fraction of sp³-hybridized carbons (Fsp3) is 0.533. The van der Waals surface area contributed by atoms with Gasteiger partial charge in [-0.1, -0.05) is 31.5 Å². The number of unbranched alkanes of at least 4 members (excludes halogenated alkanes) is 1. The Morgan fingerprint density at radius 1 is 1.39 bits per heavy atom. The van der Waals surface area contributed by atoms with Crippen LogP contribution in [0.3, 0.4) is 0 Å². The van der Waals surface area contributed by atoms with Gasteiger partial charge in [0, 0.05) is 25.8 Å². The second kappa shape index (κ2) is 5.89. The average molecular weight is 246 g/mol. The highest BCUT2D eigenvalue weighted by atomic mass is 16.2. The van der Waals surface area contributed by atoms with Crippen LogP contribution in [0.1, 0.15) is 31.7 Å².